The second kappa shape index (κ2) is 6.37. The molecule has 0 heterocycles. The van der Waals surface area contributed by atoms with E-state index in [1.165, 1.54) is 6.07 Å². The third kappa shape index (κ3) is 3.80. The van der Waals surface area contributed by atoms with E-state index in [0.717, 1.165) is 5.56 Å². The van der Waals surface area contributed by atoms with Crippen LogP contribution in [0.15, 0.2) is 23.1 Å². The molecule has 0 aliphatic rings. The Hall–Kier alpha value is -1.40. The molecule has 0 amide bonds. The van der Waals surface area contributed by atoms with Gasteiger partial charge in [0.05, 0.1) is 4.90 Å². The van der Waals surface area contributed by atoms with Gasteiger partial charge in [-0.3, -0.25) is 4.79 Å². The molecule has 2 atom stereocenters. The summed E-state index contributed by atoms with van der Waals surface area (Å²) in [6.45, 7) is 7.10. The lowest BCUT2D eigenvalue weighted by atomic mass is 10.0. The summed E-state index contributed by atoms with van der Waals surface area (Å²) in [5.74, 6) is -1.44. The van der Waals surface area contributed by atoms with E-state index >= 15 is 0 Å². The number of sulfonamides is 1. The van der Waals surface area contributed by atoms with Crippen LogP contribution >= 0.6 is 0 Å². The minimum Gasteiger partial charge on any atom is -0.480 e. The zero-order valence-corrected chi connectivity index (χ0v) is 13.0. The number of hydrogen-bond donors (Lipinski definition) is 2. The number of hydrogen-bond acceptors (Lipinski definition) is 3. The highest BCUT2D eigenvalue weighted by Gasteiger charge is 2.29. The second-order valence-electron chi connectivity index (χ2n) is 5.09. The zero-order valence-electron chi connectivity index (χ0n) is 12.2. The lowest BCUT2D eigenvalue weighted by molar-refractivity contribution is -0.140. The first-order chi connectivity index (χ1) is 9.19. The molecule has 0 bridgehead atoms. The van der Waals surface area contributed by atoms with Gasteiger partial charge in [-0.1, -0.05) is 38.0 Å². The third-order valence-corrected chi connectivity index (χ3v) is 4.98. The lowest BCUT2D eigenvalue weighted by Crippen LogP contribution is -2.45. The van der Waals surface area contributed by atoms with Gasteiger partial charge in [-0.15, -0.1) is 0 Å². The van der Waals surface area contributed by atoms with Gasteiger partial charge in [0.25, 0.3) is 0 Å². The number of nitrogens with one attached hydrogen (secondary N) is 1. The molecule has 1 aromatic rings. The number of carboxylic acids is 1. The molecule has 5 nitrogen and oxygen atoms in total. The number of aryl methyl sites for hydroxylation is 2. The normalized spacial score (nSPS) is 14.8. The topological polar surface area (TPSA) is 83.5 Å². The van der Waals surface area contributed by atoms with Crippen LogP contribution in [0.2, 0.25) is 0 Å². The monoisotopic (exact) mass is 299 g/mol. The van der Waals surface area contributed by atoms with E-state index in [2.05, 4.69) is 4.72 Å². The Morgan fingerprint density at radius 2 is 1.95 bits per heavy atom. The van der Waals surface area contributed by atoms with Gasteiger partial charge in [-0.05, 0) is 31.4 Å². The molecule has 2 N–H and O–H groups in total. The zero-order chi connectivity index (χ0) is 15.5. The first kappa shape index (κ1) is 16.7. The van der Waals surface area contributed by atoms with Crippen LogP contribution in [0, 0.1) is 19.8 Å². The fourth-order valence-corrected chi connectivity index (χ4v) is 3.50. The summed E-state index contributed by atoms with van der Waals surface area (Å²) in [6.07, 6.45) is 0.576. The molecule has 0 aromatic heterocycles. The first-order valence-corrected chi connectivity index (χ1v) is 7.99. The molecule has 0 unspecified atom stereocenters. The summed E-state index contributed by atoms with van der Waals surface area (Å²) in [6, 6.07) is 3.84. The van der Waals surface area contributed by atoms with Crippen LogP contribution in [0.3, 0.4) is 0 Å². The summed E-state index contributed by atoms with van der Waals surface area (Å²) in [5.41, 5.74) is 1.56. The molecular weight excluding hydrogens is 278 g/mol. The number of carboxylic acid groups (broad SMARTS) is 1. The quantitative estimate of drug-likeness (QED) is 0.842. The van der Waals surface area contributed by atoms with E-state index in [1.54, 1.807) is 26.0 Å². The maximum atomic E-state index is 12.3. The van der Waals surface area contributed by atoms with Crippen molar-refractivity contribution in [3.05, 3.63) is 29.3 Å². The Bertz CT molecular complexity index is 595. The number of rotatable bonds is 6. The Labute approximate surface area is 120 Å². The molecule has 0 aliphatic carbocycles. The van der Waals surface area contributed by atoms with Crippen molar-refractivity contribution >= 4 is 16.0 Å². The van der Waals surface area contributed by atoms with Crippen molar-refractivity contribution in [3.8, 4) is 0 Å². The highest BCUT2D eigenvalue weighted by molar-refractivity contribution is 7.89. The van der Waals surface area contributed by atoms with Crippen molar-refractivity contribution in [1.82, 2.24) is 4.72 Å². The Kier molecular flexibility index (Phi) is 5.30. The van der Waals surface area contributed by atoms with E-state index in [1.807, 2.05) is 13.8 Å². The number of carbonyl (C=O) groups is 1. The smallest absolute Gasteiger partial charge is 0.322 e. The van der Waals surface area contributed by atoms with Crippen LogP contribution in [0.25, 0.3) is 0 Å². The van der Waals surface area contributed by atoms with E-state index < -0.39 is 22.0 Å². The van der Waals surface area contributed by atoms with Crippen LogP contribution < -0.4 is 4.72 Å². The summed E-state index contributed by atoms with van der Waals surface area (Å²) in [7, 11) is -3.84. The Morgan fingerprint density at radius 3 is 2.40 bits per heavy atom. The van der Waals surface area contributed by atoms with Crippen LogP contribution in [-0.2, 0) is 14.8 Å². The van der Waals surface area contributed by atoms with E-state index in [9.17, 15) is 18.3 Å². The van der Waals surface area contributed by atoms with Crippen molar-refractivity contribution in [2.75, 3.05) is 0 Å². The van der Waals surface area contributed by atoms with Crippen LogP contribution in [0.5, 0.6) is 0 Å². The number of benzene rings is 1. The molecule has 0 saturated carbocycles. The molecule has 0 spiro atoms. The maximum absolute atomic E-state index is 12.3. The molecule has 112 valence electrons. The minimum atomic E-state index is -3.84. The van der Waals surface area contributed by atoms with E-state index in [-0.39, 0.29) is 10.8 Å². The average molecular weight is 299 g/mol. The fraction of sp³-hybridized carbons (Fsp3) is 0.500. The molecule has 6 heteroatoms. The predicted octanol–water partition coefficient (Wildman–Crippen LogP) is 2.08. The average Bonchev–Trinajstić information content (AvgIpc) is 2.34. The van der Waals surface area contributed by atoms with Crippen LogP contribution in [0.1, 0.15) is 31.4 Å². The SMILES string of the molecule is CC[C@H](C)[C@H](NS(=O)(=O)c1ccc(C)cc1C)C(=O)O. The summed E-state index contributed by atoms with van der Waals surface area (Å²) < 4.78 is 26.9. The van der Waals surface area contributed by atoms with Crippen molar-refractivity contribution in [1.29, 1.82) is 0 Å². The van der Waals surface area contributed by atoms with Crippen molar-refractivity contribution in [2.45, 2.75) is 45.1 Å². The molecule has 0 fully saturated rings. The third-order valence-electron chi connectivity index (χ3n) is 3.38. The molecule has 0 saturated heterocycles. The van der Waals surface area contributed by atoms with Gasteiger partial charge in [-0.2, -0.15) is 4.72 Å². The summed E-state index contributed by atoms with van der Waals surface area (Å²) in [5, 5.41) is 9.17. The molecule has 1 rings (SSSR count). The van der Waals surface area contributed by atoms with Gasteiger partial charge in [0, 0.05) is 0 Å². The second-order valence-corrected chi connectivity index (χ2v) is 6.77. The highest BCUT2D eigenvalue weighted by Crippen LogP contribution is 2.18. The minimum absolute atomic E-state index is 0.123. The fourth-order valence-electron chi connectivity index (χ4n) is 1.98. The van der Waals surface area contributed by atoms with Crippen LogP contribution in [0.4, 0.5) is 0 Å². The van der Waals surface area contributed by atoms with Crippen molar-refractivity contribution < 1.29 is 18.3 Å². The van der Waals surface area contributed by atoms with Gasteiger partial charge >= 0.3 is 5.97 Å². The van der Waals surface area contributed by atoms with Crippen molar-refractivity contribution in [2.24, 2.45) is 5.92 Å². The first-order valence-electron chi connectivity index (χ1n) is 6.51. The van der Waals surface area contributed by atoms with E-state index in [4.69, 9.17) is 0 Å². The molecule has 1 aromatic carbocycles. The maximum Gasteiger partial charge on any atom is 0.322 e. The summed E-state index contributed by atoms with van der Waals surface area (Å²) in [4.78, 5) is 11.3. The Morgan fingerprint density at radius 1 is 1.35 bits per heavy atom. The molecular formula is C14H21NO4S. The predicted molar refractivity (Wildman–Crippen MR) is 77.1 cm³/mol. The number of aliphatic carboxylic acids is 1. The highest BCUT2D eigenvalue weighted by atomic mass is 32.2. The van der Waals surface area contributed by atoms with E-state index in [0.29, 0.717) is 12.0 Å². The van der Waals surface area contributed by atoms with Crippen molar-refractivity contribution in [3.63, 3.8) is 0 Å². The van der Waals surface area contributed by atoms with Gasteiger partial charge in [0.2, 0.25) is 10.0 Å². The standard InChI is InChI=1S/C14H21NO4S/c1-5-10(3)13(14(16)17)15-20(18,19)12-7-6-9(2)8-11(12)4/h6-8,10,13,15H,5H2,1-4H3,(H,16,17)/t10-,13-/m0/s1. The van der Waals surface area contributed by atoms with Gasteiger partial charge in [0.15, 0.2) is 0 Å². The molecule has 0 radical (unpaired) electrons. The van der Waals surface area contributed by atoms with Gasteiger partial charge < -0.3 is 5.11 Å². The molecule has 0 aliphatic heterocycles. The summed E-state index contributed by atoms with van der Waals surface area (Å²) >= 11 is 0. The lowest BCUT2D eigenvalue weighted by Gasteiger charge is -2.20. The largest absolute Gasteiger partial charge is 0.480 e. The molecule has 20 heavy (non-hydrogen) atoms. The van der Waals surface area contributed by atoms with Gasteiger partial charge in [-0.25, -0.2) is 8.42 Å². The Balaban J connectivity index is 3.13. The van der Waals surface area contributed by atoms with Crippen LogP contribution in [-0.4, -0.2) is 25.5 Å². The van der Waals surface area contributed by atoms with Gasteiger partial charge in [0.1, 0.15) is 6.04 Å².